The maximum absolute atomic E-state index is 12.3. The van der Waals surface area contributed by atoms with E-state index in [1.165, 1.54) is 0 Å². The van der Waals surface area contributed by atoms with Gasteiger partial charge in [-0.1, -0.05) is 6.07 Å². The molecule has 4 rings (SSSR count). The second kappa shape index (κ2) is 5.49. The highest BCUT2D eigenvalue weighted by Crippen LogP contribution is 2.31. The van der Waals surface area contributed by atoms with Crippen molar-refractivity contribution in [1.82, 2.24) is 24.6 Å². The topological polar surface area (TPSA) is 73.1 Å². The smallest absolute Gasteiger partial charge is 0.272 e. The molecule has 2 aliphatic rings. The molecular weight excluding hydrogens is 282 g/mol. The van der Waals surface area contributed by atoms with Crippen molar-refractivity contribution in [2.24, 2.45) is 0 Å². The van der Waals surface area contributed by atoms with Crippen LogP contribution in [0.5, 0.6) is 0 Å². The maximum Gasteiger partial charge on any atom is 0.272 e. The minimum absolute atomic E-state index is 0.0245. The molecule has 1 unspecified atom stereocenters. The molecule has 1 amide bonds. The number of amides is 1. The Bertz CT molecular complexity index is 660. The summed E-state index contributed by atoms with van der Waals surface area (Å²) in [4.78, 5) is 18.2. The maximum atomic E-state index is 12.3. The van der Waals surface area contributed by atoms with Crippen LogP contribution in [0.4, 0.5) is 0 Å². The molecule has 0 spiro atoms. The van der Waals surface area contributed by atoms with E-state index in [2.05, 4.69) is 19.7 Å². The lowest BCUT2D eigenvalue weighted by molar-refractivity contribution is 0.0478. The molecule has 2 aromatic rings. The van der Waals surface area contributed by atoms with Gasteiger partial charge in [-0.15, -0.1) is 10.2 Å². The first-order chi connectivity index (χ1) is 10.8. The summed E-state index contributed by atoms with van der Waals surface area (Å²) in [6.07, 6.45) is 5.47. The van der Waals surface area contributed by atoms with Crippen LogP contribution in [0.1, 0.15) is 41.3 Å². The molecule has 7 nitrogen and oxygen atoms in total. The Balaban J connectivity index is 1.43. The first-order valence-electron chi connectivity index (χ1n) is 7.54. The van der Waals surface area contributed by atoms with Crippen molar-refractivity contribution in [2.45, 2.75) is 25.0 Å². The van der Waals surface area contributed by atoms with E-state index in [0.29, 0.717) is 18.8 Å². The molecule has 0 bridgehead atoms. The number of hydrogen-bond acceptors (Lipinski definition) is 5. The summed E-state index contributed by atoms with van der Waals surface area (Å²) in [7, 11) is 0. The highest BCUT2D eigenvalue weighted by molar-refractivity contribution is 5.92. The molecule has 2 saturated heterocycles. The predicted octanol–water partition coefficient (Wildman–Crippen LogP) is 1.22. The molecule has 2 aromatic heterocycles. The van der Waals surface area contributed by atoms with Crippen LogP contribution in [0.3, 0.4) is 0 Å². The molecule has 2 aliphatic heterocycles. The average Bonchev–Trinajstić information content (AvgIpc) is 3.17. The van der Waals surface area contributed by atoms with Gasteiger partial charge in [0.15, 0.2) is 5.82 Å². The van der Waals surface area contributed by atoms with E-state index >= 15 is 0 Å². The largest absolute Gasteiger partial charge is 0.370 e. The summed E-state index contributed by atoms with van der Waals surface area (Å²) in [5.74, 6) is 0.857. The lowest BCUT2D eigenvalue weighted by atomic mass is 10.1. The van der Waals surface area contributed by atoms with Gasteiger partial charge in [0.1, 0.15) is 18.1 Å². The fourth-order valence-electron chi connectivity index (χ4n) is 2.99. The highest BCUT2D eigenvalue weighted by atomic mass is 16.5. The van der Waals surface area contributed by atoms with Gasteiger partial charge in [0.2, 0.25) is 0 Å². The van der Waals surface area contributed by atoms with Gasteiger partial charge < -0.3 is 14.2 Å². The van der Waals surface area contributed by atoms with Gasteiger partial charge >= 0.3 is 0 Å². The van der Waals surface area contributed by atoms with Crippen LogP contribution in [0.2, 0.25) is 0 Å². The quantitative estimate of drug-likeness (QED) is 0.852. The minimum atomic E-state index is -0.0245. The Morgan fingerprint density at radius 1 is 1.32 bits per heavy atom. The second-order valence-electron chi connectivity index (χ2n) is 5.68. The Kier molecular flexibility index (Phi) is 3.34. The fourth-order valence-corrected chi connectivity index (χ4v) is 2.99. The van der Waals surface area contributed by atoms with Gasteiger partial charge in [0.25, 0.3) is 5.91 Å². The minimum Gasteiger partial charge on any atom is -0.370 e. The van der Waals surface area contributed by atoms with Gasteiger partial charge in [-0.3, -0.25) is 9.78 Å². The van der Waals surface area contributed by atoms with Gasteiger partial charge in [-0.2, -0.15) is 0 Å². The van der Waals surface area contributed by atoms with Crippen molar-refractivity contribution in [2.75, 3.05) is 19.7 Å². The van der Waals surface area contributed by atoms with Crippen LogP contribution in [-0.2, 0) is 4.74 Å². The molecule has 4 heterocycles. The number of pyridine rings is 1. The van der Waals surface area contributed by atoms with Crippen molar-refractivity contribution >= 4 is 5.91 Å². The molecule has 2 fully saturated rings. The van der Waals surface area contributed by atoms with Gasteiger partial charge in [-0.25, -0.2) is 0 Å². The summed E-state index contributed by atoms with van der Waals surface area (Å²) in [6.45, 7) is 2.10. The van der Waals surface area contributed by atoms with Crippen LogP contribution in [0, 0.1) is 0 Å². The number of rotatable bonds is 3. The lowest BCUT2D eigenvalue weighted by Crippen LogP contribution is -2.51. The first-order valence-corrected chi connectivity index (χ1v) is 7.54. The number of ether oxygens (including phenoxy) is 1. The Morgan fingerprint density at radius 2 is 2.23 bits per heavy atom. The van der Waals surface area contributed by atoms with Crippen molar-refractivity contribution in [1.29, 1.82) is 0 Å². The molecule has 1 atom stereocenters. The summed E-state index contributed by atoms with van der Waals surface area (Å²) in [5.41, 5.74) is 0.490. The molecule has 7 heteroatoms. The standard InChI is InChI=1S/C15H17N5O2/c21-15(12-4-1-2-6-16-12)19-8-11(9-19)20-10-17-18-14(20)13-5-3-7-22-13/h1-2,4,6,10-11,13H,3,5,7-9H2. The first kappa shape index (κ1) is 13.4. The molecule has 0 N–H and O–H groups in total. The summed E-state index contributed by atoms with van der Waals surface area (Å²) < 4.78 is 7.74. The van der Waals surface area contributed by atoms with E-state index in [9.17, 15) is 4.79 Å². The van der Waals surface area contributed by atoms with E-state index in [0.717, 1.165) is 25.3 Å². The van der Waals surface area contributed by atoms with Crippen molar-refractivity contribution in [3.8, 4) is 0 Å². The number of likely N-dealkylation sites (tertiary alicyclic amines) is 1. The molecule has 0 aliphatic carbocycles. The van der Waals surface area contributed by atoms with Crippen LogP contribution < -0.4 is 0 Å². The third kappa shape index (κ3) is 2.27. The zero-order chi connectivity index (χ0) is 14.9. The molecular formula is C15H17N5O2. The normalized spacial score (nSPS) is 21.8. The molecule has 0 aromatic carbocycles. The number of carbonyl (C=O) groups excluding carboxylic acids is 1. The fraction of sp³-hybridized carbons (Fsp3) is 0.467. The van der Waals surface area contributed by atoms with E-state index in [1.807, 2.05) is 6.07 Å². The lowest BCUT2D eigenvalue weighted by Gasteiger charge is -2.40. The zero-order valence-electron chi connectivity index (χ0n) is 12.1. The van der Waals surface area contributed by atoms with Crippen LogP contribution in [-0.4, -0.2) is 50.3 Å². The van der Waals surface area contributed by atoms with E-state index in [-0.39, 0.29) is 18.1 Å². The monoisotopic (exact) mass is 299 g/mol. The Labute approximate surface area is 127 Å². The molecule has 114 valence electrons. The molecule has 0 radical (unpaired) electrons. The average molecular weight is 299 g/mol. The third-order valence-electron chi connectivity index (χ3n) is 4.25. The van der Waals surface area contributed by atoms with Crippen LogP contribution >= 0.6 is 0 Å². The summed E-state index contributed by atoms with van der Waals surface area (Å²) in [6, 6.07) is 5.60. The Morgan fingerprint density at radius 3 is 2.95 bits per heavy atom. The zero-order valence-corrected chi connectivity index (χ0v) is 12.1. The van der Waals surface area contributed by atoms with E-state index in [4.69, 9.17) is 4.74 Å². The summed E-state index contributed by atoms with van der Waals surface area (Å²) >= 11 is 0. The van der Waals surface area contributed by atoms with Gasteiger partial charge in [0.05, 0.1) is 6.04 Å². The van der Waals surface area contributed by atoms with Crippen molar-refractivity contribution < 1.29 is 9.53 Å². The second-order valence-corrected chi connectivity index (χ2v) is 5.68. The molecule has 0 saturated carbocycles. The van der Waals surface area contributed by atoms with Crippen molar-refractivity contribution in [3.05, 3.63) is 42.2 Å². The van der Waals surface area contributed by atoms with Gasteiger partial charge in [0, 0.05) is 25.9 Å². The van der Waals surface area contributed by atoms with E-state index in [1.54, 1.807) is 29.6 Å². The van der Waals surface area contributed by atoms with Crippen molar-refractivity contribution in [3.63, 3.8) is 0 Å². The van der Waals surface area contributed by atoms with Crippen LogP contribution in [0.15, 0.2) is 30.7 Å². The number of nitrogens with zero attached hydrogens (tertiary/aromatic N) is 5. The molecule has 22 heavy (non-hydrogen) atoms. The third-order valence-corrected chi connectivity index (χ3v) is 4.25. The number of carbonyl (C=O) groups is 1. The predicted molar refractivity (Wildman–Crippen MR) is 77.1 cm³/mol. The Hall–Kier alpha value is -2.28. The highest BCUT2D eigenvalue weighted by Gasteiger charge is 2.35. The van der Waals surface area contributed by atoms with Gasteiger partial charge in [-0.05, 0) is 25.0 Å². The number of aromatic nitrogens is 4. The summed E-state index contributed by atoms with van der Waals surface area (Å²) in [5, 5.41) is 8.22. The SMILES string of the molecule is O=C(c1ccccn1)N1CC(n2cnnc2C2CCCO2)C1. The van der Waals surface area contributed by atoms with E-state index < -0.39 is 0 Å². The van der Waals surface area contributed by atoms with Crippen LogP contribution in [0.25, 0.3) is 0 Å². The number of hydrogen-bond donors (Lipinski definition) is 0.